The fraction of sp³-hybridized carbons (Fsp3) is 0. The van der Waals surface area contributed by atoms with Gasteiger partial charge in [0.15, 0.2) is 0 Å². The van der Waals surface area contributed by atoms with Gasteiger partial charge in [-0.1, -0.05) is 69.6 Å². The average Bonchev–Trinajstić information content (AvgIpc) is 2.35. The molecule has 0 aromatic heterocycles. The van der Waals surface area contributed by atoms with Crippen LogP contribution in [0.15, 0.2) is 0 Å². The van der Waals surface area contributed by atoms with Gasteiger partial charge in [-0.15, -0.1) is 0 Å². The Labute approximate surface area is 133 Å². The number of hydrogen-bond acceptors (Lipinski definition) is 2. The first-order chi connectivity index (χ1) is 8.29. The third kappa shape index (κ3) is 1.87. The van der Waals surface area contributed by atoms with E-state index in [4.69, 9.17) is 81.1 Å². The first-order valence-electron chi connectivity index (χ1n) is 4.46. The van der Waals surface area contributed by atoms with Gasteiger partial charge in [-0.05, 0) is 0 Å². The molecule has 4 N–H and O–H groups in total. The normalized spacial score (nSPS) is 11.2. The maximum Gasteiger partial charge on any atom is 0.0844 e. The number of benzene rings is 2. The number of nitrogens with two attached hydrogens (primary N) is 2. The van der Waals surface area contributed by atoms with Crippen LogP contribution in [0, 0.1) is 0 Å². The molecule has 0 aliphatic heterocycles. The van der Waals surface area contributed by atoms with Gasteiger partial charge >= 0.3 is 0 Å². The van der Waals surface area contributed by atoms with Crippen LogP contribution >= 0.6 is 69.6 Å². The summed E-state index contributed by atoms with van der Waals surface area (Å²) in [6, 6.07) is 0. The summed E-state index contributed by atoms with van der Waals surface area (Å²) in [5.74, 6) is 0. The smallest absolute Gasteiger partial charge is 0.0844 e. The largest absolute Gasteiger partial charge is 0.397 e. The van der Waals surface area contributed by atoms with Gasteiger partial charge in [-0.3, -0.25) is 0 Å². The van der Waals surface area contributed by atoms with Crippen LogP contribution in [0.4, 0.5) is 11.4 Å². The van der Waals surface area contributed by atoms with Crippen molar-refractivity contribution in [2.24, 2.45) is 0 Å². The first-order valence-corrected chi connectivity index (χ1v) is 6.73. The molecule has 0 aliphatic rings. The molecule has 2 rings (SSSR count). The zero-order valence-electron chi connectivity index (χ0n) is 8.42. The molecule has 0 unspecified atom stereocenters. The van der Waals surface area contributed by atoms with Crippen LogP contribution in [0.25, 0.3) is 10.8 Å². The molecule has 0 amide bonds. The fourth-order valence-corrected chi connectivity index (χ4v) is 3.16. The third-order valence-electron chi connectivity index (χ3n) is 2.47. The number of rotatable bonds is 0. The monoisotopic (exact) mass is 362 g/mol. The van der Waals surface area contributed by atoms with Gasteiger partial charge in [0.25, 0.3) is 0 Å². The molecule has 2 aromatic carbocycles. The quantitative estimate of drug-likeness (QED) is 0.346. The summed E-state index contributed by atoms with van der Waals surface area (Å²) in [4.78, 5) is 0. The molecule has 0 saturated carbocycles. The summed E-state index contributed by atoms with van der Waals surface area (Å²) < 4.78 is 0. The van der Waals surface area contributed by atoms with Crippen molar-refractivity contribution in [2.45, 2.75) is 0 Å². The van der Waals surface area contributed by atoms with E-state index in [1.165, 1.54) is 0 Å². The van der Waals surface area contributed by atoms with E-state index in [1.54, 1.807) is 0 Å². The summed E-state index contributed by atoms with van der Waals surface area (Å²) in [7, 11) is 0. The fourth-order valence-electron chi connectivity index (χ4n) is 1.57. The van der Waals surface area contributed by atoms with E-state index in [-0.39, 0.29) is 41.5 Å². The molecule has 0 heterocycles. The number of anilines is 2. The highest BCUT2D eigenvalue weighted by molar-refractivity contribution is 6.57. The second-order valence-electron chi connectivity index (χ2n) is 3.46. The predicted molar refractivity (Wildman–Crippen MR) is 82.8 cm³/mol. The molecule has 2 aromatic rings. The highest BCUT2D eigenvalue weighted by atomic mass is 35.5. The van der Waals surface area contributed by atoms with E-state index in [1.807, 2.05) is 0 Å². The Bertz CT molecular complexity index is 569. The third-order valence-corrected chi connectivity index (χ3v) is 5.07. The molecule has 0 bridgehead atoms. The molecule has 2 nitrogen and oxygen atoms in total. The van der Waals surface area contributed by atoms with Gasteiger partial charge in [-0.2, -0.15) is 0 Å². The summed E-state index contributed by atoms with van der Waals surface area (Å²) in [6.45, 7) is 0. The van der Waals surface area contributed by atoms with Crippen molar-refractivity contribution < 1.29 is 0 Å². The lowest BCUT2D eigenvalue weighted by Gasteiger charge is -2.15. The Balaban J connectivity index is 3.22. The van der Waals surface area contributed by atoms with Crippen molar-refractivity contribution in [2.75, 3.05) is 11.5 Å². The lowest BCUT2D eigenvalue weighted by Crippen LogP contribution is -1.96. The zero-order chi connectivity index (χ0) is 13.8. The van der Waals surface area contributed by atoms with Crippen molar-refractivity contribution in [1.29, 1.82) is 0 Å². The lowest BCUT2D eigenvalue weighted by atomic mass is 10.1. The molecule has 0 fully saturated rings. The van der Waals surface area contributed by atoms with E-state index in [2.05, 4.69) is 0 Å². The lowest BCUT2D eigenvalue weighted by molar-refractivity contribution is 1.70. The standard InChI is InChI=1S/C10H4Cl6N2/c11-3-1-2(9(17)8(16)6(3)14)4(12)7(15)10(18)5(1)13/h17-18H2. The van der Waals surface area contributed by atoms with Gasteiger partial charge in [-0.25, -0.2) is 0 Å². The zero-order valence-corrected chi connectivity index (χ0v) is 13.0. The van der Waals surface area contributed by atoms with Crippen LogP contribution in [0.1, 0.15) is 0 Å². The molecular weight excluding hydrogens is 361 g/mol. The molecule has 0 radical (unpaired) electrons. The van der Waals surface area contributed by atoms with E-state index in [9.17, 15) is 0 Å². The van der Waals surface area contributed by atoms with Crippen LogP contribution in [-0.2, 0) is 0 Å². The van der Waals surface area contributed by atoms with Gasteiger partial charge < -0.3 is 11.5 Å². The van der Waals surface area contributed by atoms with Crippen molar-refractivity contribution in [3.8, 4) is 0 Å². The summed E-state index contributed by atoms with van der Waals surface area (Å²) >= 11 is 36.2. The van der Waals surface area contributed by atoms with Crippen molar-refractivity contribution in [3.05, 3.63) is 30.1 Å². The van der Waals surface area contributed by atoms with Gasteiger partial charge in [0.1, 0.15) is 0 Å². The predicted octanol–water partition coefficient (Wildman–Crippen LogP) is 5.92. The minimum atomic E-state index is 0.0861. The molecule has 0 spiro atoms. The van der Waals surface area contributed by atoms with E-state index < -0.39 is 0 Å². The van der Waals surface area contributed by atoms with Crippen LogP contribution in [0.2, 0.25) is 30.1 Å². The second-order valence-corrected chi connectivity index (χ2v) is 5.73. The maximum absolute atomic E-state index is 6.10. The topological polar surface area (TPSA) is 52.0 Å². The Hall–Kier alpha value is 0.0400. The molecular formula is C10H4Cl6N2. The van der Waals surface area contributed by atoms with Gasteiger partial charge in [0.2, 0.25) is 0 Å². The maximum atomic E-state index is 6.10. The van der Waals surface area contributed by atoms with Crippen LogP contribution in [0.3, 0.4) is 0 Å². The average molecular weight is 365 g/mol. The van der Waals surface area contributed by atoms with Crippen LogP contribution < -0.4 is 11.5 Å². The Kier molecular flexibility index (Phi) is 3.90. The Morgan fingerprint density at radius 3 is 1.44 bits per heavy atom. The first kappa shape index (κ1) is 14.4. The summed E-state index contributed by atoms with van der Waals surface area (Å²) in [5.41, 5.74) is 11.8. The van der Waals surface area contributed by atoms with Crippen LogP contribution in [0.5, 0.6) is 0 Å². The minimum absolute atomic E-state index is 0.0861. The molecule has 0 atom stereocenters. The molecule has 0 saturated heterocycles. The Morgan fingerprint density at radius 2 is 0.889 bits per heavy atom. The van der Waals surface area contributed by atoms with E-state index in [0.717, 1.165) is 0 Å². The second kappa shape index (κ2) is 4.86. The van der Waals surface area contributed by atoms with Crippen molar-refractivity contribution in [3.63, 3.8) is 0 Å². The molecule has 0 aliphatic carbocycles. The SMILES string of the molecule is Nc1c(Cl)c(Cl)c2c(N)c(Cl)c(Cl)c(Cl)c2c1Cl. The molecule has 18 heavy (non-hydrogen) atoms. The number of nitrogen functional groups attached to an aromatic ring is 2. The van der Waals surface area contributed by atoms with Crippen molar-refractivity contribution in [1.82, 2.24) is 0 Å². The molecule has 96 valence electrons. The van der Waals surface area contributed by atoms with Crippen LogP contribution in [-0.4, -0.2) is 0 Å². The Morgan fingerprint density at radius 1 is 0.444 bits per heavy atom. The molecule has 8 heteroatoms. The number of fused-ring (bicyclic) bond motifs is 1. The summed E-state index contributed by atoms with van der Waals surface area (Å²) in [5, 5.41) is 1.33. The highest BCUT2D eigenvalue weighted by Gasteiger charge is 2.22. The van der Waals surface area contributed by atoms with Crippen molar-refractivity contribution >= 4 is 91.8 Å². The highest BCUT2D eigenvalue weighted by Crippen LogP contribution is 2.51. The van der Waals surface area contributed by atoms with E-state index >= 15 is 0 Å². The van der Waals surface area contributed by atoms with Gasteiger partial charge in [0, 0.05) is 10.8 Å². The number of hydrogen-bond donors (Lipinski definition) is 2. The number of halogens is 6. The summed E-state index contributed by atoms with van der Waals surface area (Å²) in [6.07, 6.45) is 0. The van der Waals surface area contributed by atoms with Gasteiger partial charge in [0.05, 0.1) is 41.5 Å². The van der Waals surface area contributed by atoms with E-state index in [0.29, 0.717) is 10.8 Å². The minimum Gasteiger partial charge on any atom is -0.397 e.